The molecule has 7 heteroatoms. The molecule has 17 heavy (non-hydrogen) atoms. The molecule has 0 saturated heterocycles. The second-order valence-corrected chi connectivity index (χ2v) is 4.44. The van der Waals surface area contributed by atoms with Crippen molar-refractivity contribution in [3.05, 3.63) is 16.2 Å². The van der Waals surface area contributed by atoms with Crippen LogP contribution in [0.3, 0.4) is 0 Å². The van der Waals surface area contributed by atoms with Crippen LogP contribution in [0.5, 0.6) is 0 Å². The Morgan fingerprint density at radius 1 is 1.53 bits per heavy atom. The van der Waals surface area contributed by atoms with Gasteiger partial charge in [0.15, 0.2) is 0 Å². The van der Waals surface area contributed by atoms with Crippen molar-refractivity contribution < 1.29 is 9.26 Å². The van der Waals surface area contributed by atoms with E-state index >= 15 is 0 Å². The molecule has 0 aliphatic heterocycles. The lowest BCUT2D eigenvalue weighted by molar-refractivity contribution is 0.109. The minimum Gasteiger partial charge on any atom is -0.374 e. The third-order valence-corrected chi connectivity index (χ3v) is 3.20. The molecule has 6 nitrogen and oxygen atoms in total. The number of thiazole rings is 1. The summed E-state index contributed by atoms with van der Waals surface area (Å²) in [5.74, 6) is 0.944. The smallest absolute Gasteiger partial charge is 0.277 e. The fourth-order valence-corrected chi connectivity index (χ4v) is 2.04. The van der Waals surface area contributed by atoms with Gasteiger partial charge in [0, 0.05) is 18.9 Å². The maximum Gasteiger partial charge on any atom is 0.277 e. The largest absolute Gasteiger partial charge is 0.374 e. The van der Waals surface area contributed by atoms with E-state index in [-0.39, 0.29) is 6.10 Å². The lowest BCUT2D eigenvalue weighted by atomic mass is 10.4. The molecule has 0 saturated carbocycles. The Morgan fingerprint density at radius 3 is 3.06 bits per heavy atom. The predicted octanol–water partition coefficient (Wildman–Crippen LogP) is 1.40. The van der Waals surface area contributed by atoms with E-state index < -0.39 is 0 Å². The number of hydrogen-bond donors (Lipinski definition) is 1. The van der Waals surface area contributed by atoms with Crippen LogP contribution < -0.4 is 5.73 Å². The number of methoxy groups -OCH3 is 1. The molecule has 0 spiro atoms. The number of aromatic nitrogens is 3. The first-order valence-electron chi connectivity index (χ1n) is 5.26. The van der Waals surface area contributed by atoms with Crippen molar-refractivity contribution in [2.24, 2.45) is 5.73 Å². The molecular formula is C10H14N4O2S. The average Bonchev–Trinajstić information content (AvgIpc) is 2.96. The molecule has 0 aliphatic rings. The molecule has 0 amide bonds. The van der Waals surface area contributed by atoms with Crippen molar-refractivity contribution in [1.82, 2.24) is 15.1 Å². The fourth-order valence-electron chi connectivity index (χ4n) is 1.26. The summed E-state index contributed by atoms with van der Waals surface area (Å²) in [5, 5.41) is 6.71. The second kappa shape index (κ2) is 5.35. The molecular weight excluding hydrogens is 240 g/mol. The number of hydrogen-bond acceptors (Lipinski definition) is 7. The van der Waals surface area contributed by atoms with Crippen LogP contribution in [0.2, 0.25) is 0 Å². The molecule has 1 unspecified atom stereocenters. The van der Waals surface area contributed by atoms with Gasteiger partial charge in [-0.05, 0) is 13.5 Å². The van der Waals surface area contributed by atoms with Crippen LogP contribution in [0.25, 0.3) is 11.6 Å². The molecule has 0 radical (unpaired) electrons. The van der Waals surface area contributed by atoms with Crippen molar-refractivity contribution in [3.8, 4) is 11.6 Å². The molecule has 1 atom stereocenters. The van der Waals surface area contributed by atoms with Crippen LogP contribution in [0.4, 0.5) is 0 Å². The van der Waals surface area contributed by atoms with Crippen molar-refractivity contribution in [2.45, 2.75) is 19.4 Å². The van der Waals surface area contributed by atoms with Crippen molar-refractivity contribution in [3.63, 3.8) is 0 Å². The van der Waals surface area contributed by atoms with Crippen LogP contribution in [-0.2, 0) is 11.2 Å². The quantitative estimate of drug-likeness (QED) is 0.867. The summed E-state index contributed by atoms with van der Waals surface area (Å²) in [6.45, 7) is 2.44. The molecule has 2 heterocycles. The average molecular weight is 254 g/mol. The molecule has 2 aromatic heterocycles. The molecule has 0 aromatic carbocycles. The second-order valence-electron chi connectivity index (χ2n) is 3.50. The lowest BCUT2D eigenvalue weighted by Crippen LogP contribution is -2.02. The summed E-state index contributed by atoms with van der Waals surface area (Å²) in [5.41, 5.74) is 6.16. The molecule has 92 valence electrons. The number of ether oxygens (including phenoxy) is 1. The first-order valence-corrected chi connectivity index (χ1v) is 6.13. The number of nitrogens with zero attached hydrogens (tertiary/aromatic N) is 3. The van der Waals surface area contributed by atoms with E-state index in [0.717, 1.165) is 11.4 Å². The fraction of sp³-hybridized carbons (Fsp3) is 0.500. The normalized spacial score (nSPS) is 12.9. The van der Waals surface area contributed by atoms with Crippen molar-refractivity contribution in [2.75, 3.05) is 13.7 Å². The van der Waals surface area contributed by atoms with Gasteiger partial charge in [-0.2, -0.15) is 4.98 Å². The Kier molecular flexibility index (Phi) is 3.82. The van der Waals surface area contributed by atoms with Gasteiger partial charge in [0.1, 0.15) is 11.8 Å². The van der Waals surface area contributed by atoms with Gasteiger partial charge in [-0.1, -0.05) is 5.16 Å². The van der Waals surface area contributed by atoms with Crippen LogP contribution in [-0.4, -0.2) is 28.8 Å². The summed E-state index contributed by atoms with van der Waals surface area (Å²) < 4.78 is 10.2. The van der Waals surface area contributed by atoms with Gasteiger partial charge < -0.3 is 15.0 Å². The van der Waals surface area contributed by atoms with Gasteiger partial charge in [0.2, 0.25) is 5.82 Å². The van der Waals surface area contributed by atoms with E-state index in [9.17, 15) is 0 Å². The molecule has 2 N–H and O–H groups in total. The summed E-state index contributed by atoms with van der Waals surface area (Å²) in [6, 6.07) is 0. The minimum absolute atomic E-state index is 0.186. The summed E-state index contributed by atoms with van der Waals surface area (Å²) >= 11 is 1.54. The highest BCUT2D eigenvalue weighted by Crippen LogP contribution is 2.22. The summed E-state index contributed by atoms with van der Waals surface area (Å²) in [4.78, 5) is 8.61. The zero-order chi connectivity index (χ0) is 12.3. The Bertz CT molecular complexity index is 482. The van der Waals surface area contributed by atoms with Gasteiger partial charge in [-0.25, -0.2) is 4.98 Å². The minimum atomic E-state index is -0.186. The molecule has 2 rings (SSSR count). The Labute approximate surface area is 103 Å². The van der Waals surface area contributed by atoms with Crippen LogP contribution in [0.15, 0.2) is 9.90 Å². The Morgan fingerprint density at radius 2 is 2.35 bits per heavy atom. The highest BCUT2D eigenvalue weighted by atomic mass is 32.1. The van der Waals surface area contributed by atoms with E-state index in [2.05, 4.69) is 15.1 Å². The zero-order valence-corrected chi connectivity index (χ0v) is 10.5. The van der Waals surface area contributed by atoms with Crippen LogP contribution >= 0.6 is 11.3 Å². The van der Waals surface area contributed by atoms with Gasteiger partial charge in [-0.3, -0.25) is 0 Å². The Hall–Kier alpha value is -1.31. The molecule has 0 fully saturated rings. The van der Waals surface area contributed by atoms with Gasteiger partial charge in [0.05, 0.1) is 5.01 Å². The van der Waals surface area contributed by atoms with Gasteiger partial charge >= 0.3 is 0 Å². The third kappa shape index (κ3) is 2.68. The highest BCUT2D eigenvalue weighted by Gasteiger charge is 2.16. The zero-order valence-electron chi connectivity index (χ0n) is 9.71. The molecule has 2 aromatic rings. The van der Waals surface area contributed by atoms with Gasteiger partial charge in [-0.15, -0.1) is 11.3 Å². The first-order chi connectivity index (χ1) is 8.24. The van der Waals surface area contributed by atoms with Gasteiger partial charge in [0.25, 0.3) is 5.89 Å². The highest BCUT2D eigenvalue weighted by molar-refractivity contribution is 7.09. The van der Waals surface area contributed by atoms with E-state index in [0.29, 0.717) is 24.0 Å². The predicted molar refractivity (Wildman–Crippen MR) is 63.6 cm³/mol. The monoisotopic (exact) mass is 254 g/mol. The lowest BCUT2D eigenvalue weighted by Gasteiger charge is -2.00. The van der Waals surface area contributed by atoms with E-state index in [1.807, 2.05) is 12.3 Å². The maximum absolute atomic E-state index is 5.47. The van der Waals surface area contributed by atoms with Crippen molar-refractivity contribution in [1.29, 1.82) is 0 Å². The Balaban J connectivity index is 2.18. The molecule has 0 aliphatic carbocycles. The van der Waals surface area contributed by atoms with Crippen molar-refractivity contribution >= 4 is 11.3 Å². The number of rotatable bonds is 5. The van der Waals surface area contributed by atoms with Crippen LogP contribution in [0, 0.1) is 0 Å². The summed E-state index contributed by atoms with van der Waals surface area (Å²) in [7, 11) is 1.60. The van der Waals surface area contributed by atoms with E-state index in [1.54, 1.807) is 18.4 Å². The van der Waals surface area contributed by atoms with Crippen LogP contribution in [0.1, 0.15) is 23.9 Å². The topological polar surface area (TPSA) is 87.1 Å². The maximum atomic E-state index is 5.47. The standard InChI is InChI=1S/C10H14N4O2S/c1-6(15-2)9-13-10(16-14-9)7-5-17-8(12-7)3-4-11/h5-6H,3-4,11H2,1-2H3. The van der Waals surface area contributed by atoms with E-state index in [4.69, 9.17) is 15.0 Å². The number of nitrogens with two attached hydrogens (primary N) is 1. The summed E-state index contributed by atoms with van der Waals surface area (Å²) in [6.07, 6.45) is 0.579. The third-order valence-electron chi connectivity index (χ3n) is 2.29. The molecule has 0 bridgehead atoms. The SMILES string of the molecule is COC(C)c1noc(-c2csc(CCN)n2)n1. The first kappa shape index (κ1) is 12.2. The van der Waals surface area contributed by atoms with E-state index in [1.165, 1.54) is 0 Å².